The molecule has 1 unspecified atom stereocenters. The van der Waals surface area contributed by atoms with Gasteiger partial charge in [-0.15, -0.1) is 0 Å². The lowest BCUT2D eigenvalue weighted by Crippen LogP contribution is -2.33. The number of aryl methyl sites for hydroxylation is 2. The number of likely N-dealkylation sites (tertiary alicyclic amines) is 1. The Kier molecular flexibility index (Phi) is 4.67. The van der Waals surface area contributed by atoms with E-state index >= 15 is 0 Å². The third-order valence-corrected chi connectivity index (χ3v) is 4.78. The van der Waals surface area contributed by atoms with Gasteiger partial charge in [-0.3, -0.25) is 4.90 Å². The smallest absolute Gasteiger partial charge is 0.361 e. The van der Waals surface area contributed by atoms with E-state index in [1.54, 1.807) is 12.1 Å². The van der Waals surface area contributed by atoms with Crippen LogP contribution in [0.3, 0.4) is 0 Å². The molecule has 1 aliphatic heterocycles. The van der Waals surface area contributed by atoms with Gasteiger partial charge >= 0.3 is 6.18 Å². The zero-order valence-corrected chi connectivity index (χ0v) is 13.9. The highest BCUT2D eigenvalue weighted by Crippen LogP contribution is 2.35. The maximum absolute atomic E-state index is 12.8. The van der Waals surface area contributed by atoms with Gasteiger partial charge in [0.15, 0.2) is 0 Å². The largest absolute Gasteiger partial charge is 0.416 e. The van der Waals surface area contributed by atoms with Crippen LogP contribution in [-0.2, 0) is 12.7 Å². The summed E-state index contributed by atoms with van der Waals surface area (Å²) < 4.78 is 43.5. The average molecular weight is 338 g/mol. The highest BCUT2D eigenvalue weighted by atomic mass is 19.4. The maximum Gasteiger partial charge on any atom is 0.416 e. The molecule has 130 valence electrons. The van der Waals surface area contributed by atoms with Gasteiger partial charge in [-0.05, 0) is 50.9 Å². The van der Waals surface area contributed by atoms with Crippen molar-refractivity contribution in [2.24, 2.45) is 0 Å². The quantitative estimate of drug-likeness (QED) is 0.785. The molecule has 0 radical (unpaired) electrons. The fraction of sp³-hybridized carbons (Fsp3) is 0.500. The first-order valence-corrected chi connectivity index (χ1v) is 8.19. The third kappa shape index (κ3) is 3.48. The summed E-state index contributed by atoms with van der Waals surface area (Å²) in [7, 11) is 0. The van der Waals surface area contributed by atoms with E-state index in [-0.39, 0.29) is 6.04 Å². The summed E-state index contributed by atoms with van der Waals surface area (Å²) in [5.74, 6) is 0.809. The fourth-order valence-electron chi connectivity index (χ4n) is 3.38. The van der Waals surface area contributed by atoms with Crippen LogP contribution < -0.4 is 0 Å². The van der Waals surface area contributed by atoms with E-state index in [0.717, 1.165) is 48.4 Å². The molecule has 2 aromatic rings. The van der Waals surface area contributed by atoms with Gasteiger partial charge in [-0.2, -0.15) is 13.2 Å². The molecule has 2 heterocycles. The molecule has 0 bridgehead atoms. The number of benzene rings is 1. The number of hydrogen-bond acceptors (Lipinski definition) is 3. The van der Waals surface area contributed by atoms with Gasteiger partial charge in [0, 0.05) is 18.2 Å². The van der Waals surface area contributed by atoms with Crippen LogP contribution in [0.4, 0.5) is 13.2 Å². The van der Waals surface area contributed by atoms with Crippen molar-refractivity contribution in [1.29, 1.82) is 0 Å². The van der Waals surface area contributed by atoms with Gasteiger partial charge < -0.3 is 4.52 Å². The molecule has 1 saturated heterocycles. The summed E-state index contributed by atoms with van der Waals surface area (Å²) in [6, 6.07) is 5.71. The van der Waals surface area contributed by atoms with E-state index in [0.29, 0.717) is 6.54 Å². The number of halogens is 3. The standard InChI is InChI=1S/C18H21F3N2O/c1-12-16(13(2)24-22-12)11-23-10-4-3-5-17(23)14-6-8-15(9-7-14)18(19,20)21/h6-9,17H,3-5,10-11H2,1-2H3. The van der Waals surface area contributed by atoms with E-state index in [9.17, 15) is 13.2 Å². The molecule has 3 nitrogen and oxygen atoms in total. The zero-order chi connectivity index (χ0) is 17.3. The second kappa shape index (κ2) is 6.59. The molecule has 1 aliphatic rings. The van der Waals surface area contributed by atoms with Crippen molar-refractivity contribution in [3.05, 3.63) is 52.4 Å². The van der Waals surface area contributed by atoms with Gasteiger partial charge in [0.2, 0.25) is 0 Å². The summed E-state index contributed by atoms with van der Waals surface area (Å²) >= 11 is 0. The van der Waals surface area contributed by atoms with Crippen LogP contribution in [0.15, 0.2) is 28.8 Å². The lowest BCUT2D eigenvalue weighted by atomic mass is 9.94. The second-order valence-corrected chi connectivity index (χ2v) is 6.40. The minimum Gasteiger partial charge on any atom is -0.361 e. The summed E-state index contributed by atoms with van der Waals surface area (Å²) in [4.78, 5) is 2.32. The van der Waals surface area contributed by atoms with Crippen LogP contribution in [0.1, 0.15) is 53.4 Å². The third-order valence-electron chi connectivity index (χ3n) is 4.78. The van der Waals surface area contributed by atoms with Gasteiger partial charge in [-0.25, -0.2) is 0 Å². The van der Waals surface area contributed by atoms with E-state index in [2.05, 4.69) is 10.1 Å². The number of piperidine rings is 1. The Morgan fingerprint density at radius 1 is 1.17 bits per heavy atom. The molecule has 0 saturated carbocycles. The molecule has 24 heavy (non-hydrogen) atoms. The first-order valence-electron chi connectivity index (χ1n) is 8.19. The first kappa shape index (κ1) is 17.0. The molecular formula is C18H21F3N2O. The topological polar surface area (TPSA) is 29.3 Å². The normalized spacial score (nSPS) is 19.6. The lowest BCUT2D eigenvalue weighted by Gasteiger charge is -2.36. The number of nitrogens with zero attached hydrogens (tertiary/aromatic N) is 2. The van der Waals surface area contributed by atoms with Crippen molar-refractivity contribution < 1.29 is 17.7 Å². The Balaban J connectivity index is 1.82. The predicted molar refractivity (Wildman–Crippen MR) is 84.4 cm³/mol. The monoisotopic (exact) mass is 338 g/mol. The summed E-state index contributed by atoms with van der Waals surface area (Å²) in [5.41, 5.74) is 2.30. The number of hydrogen-bond donors (Lipinski definition) is 0. The van der Waals surface area contributed by atoms with Crippen molar-refractivity contribution in [2.75, 3.05) is 6.54 Å². The van der Waals surface area contributed by atoms with Crippen molar-refractivity contribution in [1.82, 2.24) is 10.1 Å². The van der Waals surface area contributed by atoms with E-state index in [4.69, 9.17) is 4.52 Å². The Labute approximate surface area is 139 Å². The summed E-state index contributed by atoms with van der Waals surface area (Å²) in [6.45, 7) is 5.46. The molecule has 6 heteroatoms. The zero-order valence-electron chi connectivity index (χ0n) is 13.9. The second-order valence-electron chi connectivity index (χ2n) is 6.40. The van der Waals surface area contributed by atoms with Crippen LogP contribution in [0, 0.1) is 13.8 Å². The molecule has 1 aromatic carbocycles. The van der Waals surface area contributed by atoms with E-state index in [1.807, 2.05) is 13.8 Å². The molecular weight excluding hydrogens is 317 g/mol. The molecule has 1 atom stereocenters. The van der Waals surface area contributed by atoms with Crippen LogP contribution in [-0.4, -0.2) is 16.6 Å². The van der Waals surface area contributed by atoms with Crippen molar-refractivity contribution >= 4 is 0 Å². The Morgan fingerprint density at radius 3 is 2.46 bits per heavy atom. The molecule has 3 rings (SSSR count). The minimum atomic E-state index is -4.29. The summed E-state index contributed by atoms with van der Waals surface area (Å²) in [6.07, 6.45) is -1.15. The maximum atomic E-state index is 12.8. The van der Waals surface area contributed by atoms with Crippen LogP contribution in [0.5, 0.6) is 0 Å². The van der Waals surface area contributed by atoms with Gasteiger partial charge in [-0.1, -0.05) is 23.7 Å². The molecule has 1 aromatic heterocycles. The molecule has 0 spiro atoms. The van der Waals surface area contributed by atoms with Gasteiger partial charge in [0.05, 0.1) is 11.3 Å². The molecule has 0 aliphatic carbocycles. The highest BCUT2D eigenvalue weighted by Gasteiger charge is 2.31. The summed E-state index contributed by atoms with van der Waals surface area (Å²) in [5, 5.41) is 3.99. The van der Waals surface area contributed by atoms with Gasteiger partial charge in [0.25, 0.3) is 0 Å². The molecule has 0 N–H and O–H groups in total. The van der Waals surface area contributed by atoms with Crippen molar-refractivity contribution in [3.63, 3.8) is 0 Å². The highest BCUT2D eigenvalue weighted by molar-refractivity contribution is 5.28. The average Bonchev–Trinajstić information content (AvgIpc) is 2.87. The number of aromatic nitrogens is 1. The minimum absolute atomic E-state index is 0.134. The molecule has 0 amide bonds. The van der Waals surface area contributed by atoms with Crippen molar-refractivity contribution in [2.45, 2.75) is 51.9 Å². The SMILES string of the molecule is Cc1noc(C)c1CN1CCCCC1c1ccc(C(F)(F)F)cc1. The Hall–Kier alpha value is -1.82. The van der Waals surface area contributed by atoms with E-state index < -0.39 is 11.7 Å². The van der Waals surface area contributed by atoms with Gasteiger partial charge in [0.1, 0.15) is 5.76 Å². The van der Waals surface area contributed by atoms with Crippen LogP contribution >= 0.6 is 0 Å². The Morgan fingerprint density at radius 2 is 1.88 bits per heavy atom. The Bertz CT molecular complexity index is 672. The first-order chi connectivity index (χ1) is 11.4. The fourth-order valence-corrected chi connectivity index (χ4v) is 3.38. The molecule has 1 fully saturated rings. The number of alkyl halides is 3. The van der Waals surface area contributed by atoms with Crippen LogP contribution in [0.25, 0.3) is 0 Å². The van der Waals surface area contributed by atoms with Crippen molar-refractivity contribution in [3.8, 4) is 0 Å². The lowest BCUT2D eigenvalue weighted by molar-refractivity contribution is -0.137. The van der Waals surface area contributed by atoms with E-state index in [1.165, 1.54) is 12.1 Å². The van der Waals surface area contributed by atoms with Crippen LogP contribution in [0.2, 0.25) is 0 Å². The number of rotatable bonds is 3. The predicted octanol–water partition coefficient (Wildman–Crippen LogP) is 5.04.